The molecule has 0 atom stereocenters. The predicted octanol–water partition coefficient (Wildman–Crippen LogP) is 1.77. The summed E-state index contributed by atoms with van der Waals surface area (Å²) in [4.78, 5) is 7.46. The van der Waals surface area contributed by atoms with Gasteiger partial charge in [0.25, 0.3) is 10.2 Å². The van der Waals surface area contributed by atoms with Gasteiger partial charge in [-0.15, -0.1) is 23.7 Å². The predicted molar refractivity (Wildman–Crippen MR) is 104 cm³/mol. The van der Waals surface area contributed by atoms with Gasteiger partial charge in [0.1, 0.15) is 0 Å². The number of piperazine rings is 1. The van der Waals surface area contributed by atoms with Gasteiger partial charge in [-0.05, 0) is 12.8 Å². The van der Waals surface area contributed by atoms with Crippen LogP contribution in [0.15, 0.2) is 6.20 Å². The average Bonchev–Trinajstić information content (AvgIpc) is 3.00. The Bertz CT molecular complexity index is 640. The van der Waals surface area contributed by atoms with Crippen LogP contribution in [0.1, 0.15) is 37.0 Å². The SMILES string of the molecule is CN(C1CCCCC1)S(=O)(=O)N1CCN(Cc2cnc(N)s2)CC1.Cl. The monoisotopic (exact) mass is 409 g/mol. The van der Waals surface area contributed by atoms with Crippen molar-refractivity contribution in [2.24, 2.45) is 0 Å². The third kappa shape index (κ3) is 5.05. The minimum absolute atomic E-state index is 0. The molecule has 1 saturated heterocycles. The summed E-state index contributed by atoms with van der Waals surface area (Å²) in [6, 6.07) is 0.168. The molecule has 0 radical (unpaired) electrons. The molecular formula is C15H28ClN5O2S2. The Morgan fingerprint density at radius 3 is 2.44 bits per heavy atom. The van der Waals surface area contributed by atoms with E-state index in [4.69, 9.17) is 5.73 Å². The van der Waals surface area contributed by atoms with Crippen molar-refractivity contribution in [2.75, 3.05) is 39.0 Å². The molecule has 0 bridgehead atoms. The second-order valence-electron chi connectivity index (χ2n) is 6.66. The summed E-state index contributed by atoms with van der Waals surface area (Å²) in [5.74, 6) is 0. The minimum Gasteiger partial charge on any atom is -0.375 e. The van der Waals surface area contributed by atoms with Gasteiger partial charge in [0.2, 0.25) is 0 Å². The van der Waals surface area contributed by atoms with Crippen molar-refractivity contribution in [1.29, 1.82) is 0 Å². The molecule has 2 heterocycles. The van der Waals surface area contributed by atoms with Gasteiger partial charge >= 0.3 is 0 Å². The topological polar surface area (TPSA) is 82.8 Å². The van der Waals surface area contributed by atoms with Crippen molar-refractivity contribution in [3.63, 3.8) is 0 Å². The van der Waals surface area contributed by atoms with E-state index >= 15 is 0 Å². The fraction of sp³-hybridized carbons (Fsp3) is 0.800. The second kappa shape index (κ2) is 8.96. The molecule has 7 nitrogen and oxygen atoms in total. The molecule has 3 rings (SSSR count). The summed E-state index contributed by atoms with van der Waals surface area (Å²) in [5, 5.41) is 0.584. The first-order valence-electron chi connectivity index (χ1n) is 8.62. The molecule has 10 heteroatoms. The lowest BCUT2D eigenvalue weighted by Gasteiger charge is -2.38. The molecule has 0 aromatic carbocycles. The summed E-state index contributed by atoms with van der Waals surface area (Å²) in [6.07, 6.45) is 7.28. The van der Waals surface area contributed by atoms with Gasteiger partial charge in [-0.1, -0.05) is 19.3 Å². The quantitative estimate of drug-likeness (QED) is 0.801. The van der Waals surface area contributed by atoms with E-state index in [0.717, 1.165) is 50.2 Å². The van der Waals surface area contributed by atoms with Crippen LogP contribution in [0.4, 0.5) is 5.13 Å². The molecule has 1 aliphatic carbocycles. The second-order valence-corrected chi connectivity index (χ2v) is 9.79. The Labute approximate surface area is 160 Å². The van der Waals surface area contributed by atoms with Gasteiger partial charge in [0.05, 0.1) is 0 Å². The van der Waals surface area contributed by atoms with E-state index in [9.17, 15) is 8.42 Å². The van der Waals surface area contributed by atoms with Crippen molar-refractivity contribution in [3.05, 3.63) is 11.1 Å². The first-order valence-corrected chi connectivity index (χ1v) is 10.8. The number of nitrogens with zero attached hydrogens (tertiary/aromatic N) is 4. The molecule has 2 aliphatic rings. The van der Waals surface area contributed by atoms with Gasteiger partial charge in [-0.2, -0.15) is 17.0 Å². The van der Waals surface area contributed by atoms with Crippen molar-refractivity contribution in [2.45, 2.75) is 44.7 Å². The molecule has 25 heavy (non-hydrogen) atoms. The first kappa shape index (κ1) is 20.9. The van der Waals surface area contributed by atoms with Crippen molar-refractivity contribution in [1.82, 2.24) is 18.5 Å². The number of thiazole rings is 1. The summed E-state index contributed by atoms with van der Waals surface area (Å²) < 4.78 is 29.0. The molecule has 2 fully saturated rings. The highest BCUT2D eigenvalue weighted by Crippen LogP contribution is 2.25. The van der Waals surface area contributed by atoms with Crippen LogP contribution in [-0.4, -0.2) is 66.2 Å². The van der Waals surface area contributed by atoms with Gasteiger partial charge in [0, 0.05) is 56.9 Å². The van der Waals surface area contributed by atoms with Gasteiger partial charge in [-0.3, -0.25) is 4.90 Å². The fourth-order valence-corrected chi connectivity index (χ4v) is 5.85. The maximum absolute atomic E-state index is 12.9. The number of aromatic nitrogens is 1. The van der Waals surface area contributed by atoms with Gasteiger partial charge < -0.3 is 5.73 Å². The highest BCUT2D eigenvalue weighted by molar-refractivity contribution is 7.86. The van der Waals surface area contributed by atoms with E-state index in [1.807, 2.05) is 0 Å². The zero-order valence-electron chi connectivity index (χ0n) is 14.6. The van der Waals surface area contributed by atoms with E-state index in [1.165, 1.54) is 17.8 Å². The Balaban J connectivity index is 0.00000225. The normalized spacial score (nSPS) is 21.4. The lowest BCUT2D eigenvalue weighted by atomic mass is 9.96. The summed E-state index contributed by atoms with van der Waals surface area (Å²) >= 11 is 1.50. The van der Waals surface area contributed by atoms with Crippen LogP contribution in [0.5, 0.6) is 0 Å². The van der Waals surface area contributed by atoms with Crippen LogP contribution in [0.3, 0.4) is 0 Å². The Morgan fingerprint density at radius 1 is 1.24 bits per heavy atom. The third-order valence-corrected chi connectivity index (χ3v) is 7.92. The summed E-state index contributed by atoms with van der Waals surface area (Å²) in [7, 11) is -1.60. The van der Waals surface area contributed by atoms with Crippen LogP contribution >= 0.6 is 23.7 Å². The molecule has 1 aromatic heterocycles. The van der Waals surface area contributed by atoms with E-state index in [0.29, 0.717) is 18.2 Å². The number of halogens is 1. The number of anilines is 1. The number of rotatable bonds is 5. The zero-order valence-corrected chi connectivity index (χ0v) is 17.1. The molecule has 0 spiro atoms. The van der Waals surface area contributed by atoms with Crippen molar-refractivity contribution >= 4 is 39.1 Å². The van der Waals surface area contributed by atoms with Crippen LogP contribution in [0.25, 0.3) is 0 Å². The van der Waals surface area contributed by atoms with Crippen LogP contribution in [-0.2, 0) is 16.8 Å². The molecule has 1 aliphatic heterocycles. The Hall–Kier alpha value is -0.450. The van der Waals surface area contributed by atoms with Gasteiger partial charge in [0.15, 0.2) is 5.13 Å². The number of hydrogen-bond acceptors (Lipinski definition) is 6. The number of nitrogens with two attached hydrogens (primary N) is 1. The lowest BCUT2D eigenvalue weighted by Crippen LogP contribution is -2.54. The Kier molecular flexibility index (Phi) is 7.48. The van der Waals surface area contributed by atoms with E-state index in [1.54, 1.807) is 21.9 Å². The smallest absolute Gasteiger partial charge is 0.282 e. The third-order valence-electron chi connectivity index (χ3n) is 5.06. The lowest BCUT2D eigenvalue weighted by molar-refractivity contribution is 0.171. The van der Waals surface area contributed by atoms with E-state index < -0.39 is 10.2 Å². The fourth-order valence-electron chi connectivity index (χ4n) is 3.55. The maximum atomic E-state index is 12.9. The highest BCUT2D eigenvalue weighted by Gasteiger charge is 2.34. The molecule has 1 aromatic rings. The Morgan fingerprint density at radius 2 is 1.88 bits per heavy atom. The van der Waals surface area contributed by atoms with E-state index in [2.05, 4.69) is 9.88 Å². The highest BCUT2D eigenvalue weighted by atomic mass is 35.5. The van der Waals surface area contributed by atoms with E-state index in [-0.39, 0.29) is 18.4 Å². The standard InChI is InChI=1S/C15H27N5O2S2.ClH/c1-18(13-5-3-2-4-6-13)24(21,22)20-9-7-19(8-10-20)12-14-11-17-15(16)23-14;/h11,13H,2-10,12H2,1H3,(H2,16,17);1H. The summed E-state index contributed by atoms with van der Waals surface area (Å²) in [5.41, 5.74) is 5.66. The largest absolute Gasteiger partial charge is 0.375 e. The summed E-state index contributed by atoms with van der Waals surface area (Å²) in [6.45, 7) is 3.38. The van der Waals surface area contributed by atoms with Crippen molar-refractivity contribution < 1.29 is 8.42 Å². The van der Waals surface area contributed by atoms with Gasteiger partial charge in [-0.25, -0.2) is 4.98 Å². The van der Waals surface area contributed by atoms with Crippen LogP contribution in [0, 0.1) is 0 Å². The number of nitrogen functional groups attached to an aromatic ring is 1. The minimum atomic E-state index is -3.34. The molecule has 0 amide bonds. The van der Waals surface area contributed by atoms with Crippen LogP contribution in [0.2, 0.25) is 0 Å². The van der Waals surface area contributed by atoms with Crippen LogP contribution < -0.4 is 5.73 Å². The maximum Gasteiger partial charge on any atom is 0.282 e. The molecule has 2 N–H and O–H groups in total. The zero-order chi connectivity index (χ0) is 17.2. The van der Waals surface area contributed by atoms with Crippen molar-refractivity contribution in [3.8, 4) is 0 Å². The molecule has 0 unspecified atom stereocenters. The molecule has 1 saturated carbocycles. The number of hydrogen-bond donors (Lipinski definition) is 1. The molecule has 144 valence electrons. The average molecular weight is 410 g/mol. The molecular weight excluding hydrogens is 382 g/mol. The first-order chi connectivity index (χ1) is 11.5.